The van der Waals surface area contributed by atoms with E-state index in [0.717, 1.165) is 12.8 Å². The summed E-state index contributed by atoms with van der Waals surface area (Å²) in [5.74, 6) is 0. The molecule has 1 aromatic rings. The van der Waals surface area contributed by atoms with Crippen molar-refractivity contribution in [2.45, 2.75) is 26.7 Å². The maximum Gasteiger partial charge on any atom is -0.00167 e. The summed E-state index contributed by atoms with van der Waals surface area (Å²) in [6.45, 7) is 4.32. The Kier molecular flexibility index (Phi) is 2.53. The summed E-state index contributed by atoms with van der Waals surface area (Å²) in [5.41, 5.74) is 5.83. The molecule has 0 heterocycles. The largest absolute Gasteiger partial charge is 0.0806 e. The summed E-state index contributed by atoms with van der Waals surface area (Å²) in [4.78, 5) is 0. The Morgan fingerprint density at radius 1 is 1.29 bits per heavy atom. The van der Waals surface area contributed by atoms with Gasteiger partial charge in [-0.15, -0.1) is 0 Å². The number of rotatable bonds is 1. The molecule has 1 aromatic carbocycles. The lowest BCUT2D eigenvalue weighted by molar-refractivity contribution is 1.16. The molecule has 72 valence electrons. The van der Waals surface area contributed by atoms with Crippen molar-refractivity contribution in [3.05, 3.63) is 53.1 Å². The van der Waals surface area contributed by atoms with Crippen LogP contribution in [0.3, 0.4) is 0 Å². The Hall–Kier alpha value is -1.30. The summed E-state index contributed by atoms with van der Waals surface area (Å²) in [7, 11) is 0. The van der Waals surface area contributed by atoms with Gasteiger partial charge in [0.05, 0.1) is 0 Å². The number of allylic oxidation sites excluding steroid dienone is 4. The quantitative estimate of drug-likeness (QED) is 0.619. The van der Waals surface area contributed by atoms with Crippen LogP contribution < -0.4 is 0 Å². The van der Waals surface area contributed by atoms with Gasteiger partial charge in [-0.3, -0.25) is 0 Å². The van der Waals surface area contributed by atoms with Gasteiger partial charge in [-0.05, 0) is 42.0 Å². The zero-order valence-corrected chi connectivity index (χ0v) is 8.88. The molecule has 0 amide bonds. The molecule has 0 heteroatoms. The van der Waals surface area contributed by atoms with Gasteiger partial charge in [-0.1, -0.05) is 43.3 Å². The summed E-state index contributed by atoms with van der Waals surface area (Å²) in [6.07, 6.45) is 6.81. The highest BCUT2D eigenvalue weighted by atomic mass is 14.2. The molecular formula is C14H16. The van der Waals surface area contributed by atoms with Gasteiger partial charge in [-0.25, -0.2) is 0 Å². The molecule has 0 aromatic heterocycles. The van der Waals surface area contributed by atoms with Crippen molar-refractivity contribution in [1.82, 2.24) is 0 Å². The minimum Gasteiger partial charge on any atom is -0.0806 e. The molecule has 0 radical (unpaired) electrons. The Morgan fingerprint density at radius 2 is 2.07 bits per heavy atom. The first kappa shape index (κ1) is 9.26. The van der Waals surface area contributed by atoms with E-state index in [1.807, 2.05) is 0 Å². The summed E-state index contributed by atoms with van der Waals surface area (Å²) < 4.78 is 0. The molecule has 0 fully saturated rings. The monoisotopic (exact) mass is 184 g/mol. The maximum atomic E-state index is 2.34. The SMILES string of the molecule is C/C=C1\C(=C/CC)Cc2ccccc21. The van der Waals surface area contributed by atoms with E-state index >= 15 is 0 Å². The van der Waals surface area contributed by atoms with E-state index in [0.29, 0.717) is 0 Å². The highest BCUT2D eigenvalue weighted by molar-refractivity contribution is 5.85. The summed E-state index contributed by atoms with van der Waals surface area (Å²) >= 11 is 0. The lowest BCUT2D eigenvalue weighted by Crippen LogP contribution is -1.79. The third-order valence-corrected chi connectivity index (χ3v) is 2.77. The average molecular weight is 184 g/mol. The Morgan fingerprint density at radius 3 is 2.79 bits per heavy atom. The molecule has 0 atom stereocenters. The molecule has 14 heavy (non-hydrogen) atoms. The van der Waals surface area contributed by atoms with E-state index < -0.39 is 0 Å². The fourth-order valence-corrected chi connectivity index (χ4v) is 2.18. The van der Waals surface area contributed by atoms with E-state index in [1.54, 1.807) is 0 Å². The summed E-state index contributed by atoms with van der Waals surface area (Å²) in [5, 5.41) is 0. The first-order valence-electron chi connectivity index (χ1n) is 5.30. The first-order valence-corrected chi connectivity index (χ1v) is 5.30. The van der Waals surface area contributed by atoms with Crippen molar-refractivity contribution in [1.29, 1.82) is 0 Å². The van der Waals surface area contributed by atoms with Gasteiger partial charge in [0.2, 0.25) is 0 Å². The minimum absolute atomic E-state index is 1.11. The number of hydrogen-bond donors (Lipinski definition) is 0. The maximum absolute atomic E-state index is 2.34. The number of benzene rings is 1. The van der Waals surface area contributed by atoms with Crippen molar-refractivity contribution < 1.29 is 0 Å². The van der Waals surface area contributed by atoms with Crippen LogP contribution in [0.15, 0.2) is 42.0 Å². The third-order valence-electron chi connectivity index (χ3n) is 2.77. The van der Waals surface area contributed by atoms with E-state index in [9.17, 15) is 0 Å². The predicted molar refractivity (Wildman–Crippen MR) is 62.2 cm³/mol. The highest BCUT2D eigenvalue weighted by Crippen LogP contribution is 2.36. The van der Waals surface area contributed by atoms with Crippen LogP contribution >= 0.6 is 0 Å². The Balaban J connectivity index is 2.50. The minimum atomic E-state index is 1.11. The van der Waals surface area contributed by atoms with Gasteiger partial charge in [-0.2, -0.15) is 0 Å². The molecule has 2 rings (SSSR count). The molecule has 0 saturated carbocycles. The number of hydrogen-bond acceptors (Lipinski definition) is 0. The molecule has 0 N–H and O–H groups in total. The van der Waals surface area contributed by atoms with Gasteiger partial charge in [0.15, 0.2) is 0 Å². The third kappa shape index (κ3) is 1.41. The smallest absolute Gasteiger partial charge is 0.00167 e. The normalized spacial score (nSPS) is 20.4. The van der Waals surface area contributed by atoms with E-state index in [1.165, 1.54) is 22.3 Å². The zero-order valence-electron chi connectivity index (χ0n) is 8.88. The number of fused-ring (bicyclic) bond motifs is 1. The molecule has 0 nitrogen and oxygen atoms in total. The van der Waals surface area contributed by atoms with Crippen LogP contribution in [-0.4, -0.2) is 0 Å². The second kappa shape index (κ2) is 3.83. The van der Waals surface area contributed by atoms with Crippen LogP contribution in [0.5, 0.6) is 0 Å². The molecule has 0 saturated heterocycles. The van der Waals surface area contributed by atoms with Crippen LogP contribution in [0.1, 0.15) is 31.4 Å². The second-order valence-electron chi connectivity index (χ2n) is 3.67. The molecule has 0 aliphatic heterocycles. The Bertz CT molecular complexity index is 394. The van der Waals surface area contributed by atoms with Crippen LogP contribution in [0.4, 0.5) is 0 Å². The van der Waals surface area contributed by atoms with Gasteiger partial charge in [0.25, 0.3) is 0 Å². The molecule has 0 spiro atoms. The van der Waals surface area contributed by atoms with Gasteiger partial charge in [0, 0.05) is 0 Å². The topological polar surface area (TPSA) is 0 Å². The van der Waals surface area contributed by atoms with Crippen LogP contribution in [0.25, 0.3) is 5.57 Å². The first-order chi connectivity index (χ1) is 6.86. The van der Waals surface area contributed by atoms with Crippen molar-refractivity contribution in [2.75, 3.05) is 0 Å². The molecule has 1 aliphatic carbocycles. The van der Waals surface area contributed by atoms with Crippen LogP contribution in [-0.2, 0) is 6.42 Å². The Labute approximate surface area is 86.0 Å². The summed E-state index contributed by atoms with van der Waals surface area (Å²) in [6, 6.07) is 8.70. The van der Waals surface area contributed by atoms with Crippen molar-refractivity contribution in [3.8, 4) is 0 Å². The van der Waals surface area contributed by atoms with Gasteiger partial charge < -0.3 is 0 Å². The zero-order chi connectivity index (χ0) is 9.97. The molecule has 1 aliphatic rings. The molecule has 0 bridgehead atoms. The molecular weight excluding hydrogens is 168 g/mol. The lowest BCUT2D eigenvalue weighted by atomic mass is 10.0. The fraction of sp³-hybridized carbons (Fsp3) is 0.286. The van der Waals surface area contributed by atoms with E-state index in [-0.39, 0.29) is 0 Å². The standard InChI is InChI=1S/C14H16/c1-3-7-11-10-12-8-5-6-9-14(12)13(11)4-2/h4-9H,3,10H2,1-2H3/b11-7-,13-4+. The van der Waals surface area contributed by atoms with E-state index in [2.05, 4.69) is 50.3 Å². The fourth-order valence-electron chi connectivity index (χ4n) is 2.18. The lowest BCUT2D eigenvalue weighted by Gasteiger charge is -2.00. The van der Waals surface area contributed by atoms with Crippen molar-refractivity contribution in [2.24, 2.45) is 0 Å². The van der Waals surface area contributed by atoms with Crippen LogP contribution in [0.2, 0.25) is 0 Å². The van der Waals surface area contributed by atoms with E-state index in [4.69, 9.17) is 0 Å². The predicted octanol–water partition coefficient (Wildman–Crippen LogP) is 3.98. The highest BCUT2D eigenvalue weighted by Gasteiger charge is 2.18. The average Bonchev–Trinajstić information content (AvgIpc) is 2.55. The van der Waals surface area contributed by atoms with Gasteiger partial charge >= 0.3 is 0 Å². The second-order valence-corrected chi connectivity index (χ2v) is 3.67. The van der Waals surface area contributed by atoms with Crippen molar-refractivity contribution in [3.63, 3.8) is 0 Å². The van der Waals surface area contributed by atoms with Gasteiger partial charge in [0.1, 0.15) is 0 Å². The van der Waals surface area contributed by atoms with Crippen molar-refractivity contribution >= 4 is 5.57 Å². The molecule has 0 unspecified atom stereocenters. The van der Waals surface area contributed by atoms with Crippen LogP contribution in [0, 0.1) is 0 Å².